The molecule has 6 nitrogen and oxygen atoms in total. The number of aromatic hydroxyl groups is 1. The number of pyridine rings is 1. The summed E-state index contributed by atoms with van der Waals surface area (Å²) in [5.74, 6) is 2.69. The van der Waals surface area contributed by atoms with Crippen molar-refractivity contribution >= 4 is 11.5 Å². The van der Waals surface area contributed by atoms with E-state index in [2.05, 4.69) is 22.8 Å². The first-order valence-electron chi connectivity index (χ1n) is 9.08. The van der Waals surface area contributed by atoms with Crippen molar-refractivity contribution in [3.05, 3.63) is 71.9 Å². The van der Waals surface area contributed by atoms with Crippen molar-refractivity contribution in [1.82, 2.24) is 9.38 Å². The van der Waals surface area contributed by atoms with Gasteiger partial charge in [-0.1, -0.05) is 12.1 Å². The third kappa shape index (κ3) is 2.89. The van der Waals surface area contributed by atoms with Gasteiger partial charge >= 0.3 is 0 Å². The number of phenols is 1. The number of phenolic OH excluding ortho intramolecular Hbond substituents is 1. The maximum Gasteiger partial charge on any atom is 0.231 e. The highest BCUT2D eigenvalue weighted by Gasteiger charge is 2.16. The summed E-state index contributed by atoms with van der Waals surface area (Å²) >= 11 is 0. The zero-order valence-electron chi connectivity index (χ0n) is 15.3. The summed E-state index contributed by atoms with van der Waals surface area (Å²) in [7, 11) is 0. The van der Waals surface area contributed by atoms with E-state index >= 15 is 0 Å². The lowest BCUT2D eigenvalue weighted by Crippen LogP contribution is -2.03. The summed E-state index contributed by atoms with van der Waals surface area (Å²) in [6.45, 7) is 2.94. The van der Waals surface area contributed by atoms with Crippen LogP contribution in [0.3, 0.4) is 0 Å². The Bertz CT molecular complexity index is 1170. The Labute approximate surface area is 162 Å². The first-order valence-corrected chi connectivity index (χ1v) is 9.08. The van der Waals surface area contributed by atoms with E-state index in [1.807, 2.05) is 42.5 Å². The summed E-state index contributed by atoms with van der Waals surface area (Å²) in [5, 5.41) is 13.1. The van der Waals surface area contributed by atoms with Gasteiger partial charge < -0.3 is 19.9 Å². The molecule has 0 unspecified atom stereocenters. The van der Waals surface area contributed by atoms with Crippen molar-refractivity contribution in [3.63, 3.8) is 0 Å². The van der Waals surface area contributed by atoms with Gasteiger partial charge in [-0.15, -0.1) is 0 Å². The number of aryl methyl sites for hydroxylation is 1. The Morgan fingerprint density at radius 3 is 2.71 bits per heavy atom. The maximum absolute atomic E-state index is 9.61. The summed E-state index contributed by atoms with van der Waals surface area (Å²) < 4.78 is 12.9. The molecule has 6 heteroatoms. The zero-order valence-corrected chi connectivity index (χ0v) is 15.3. The monoisotopic (exact) mass is 373 g/mol. The number of nitrogens with one attached hydrogen (secondary N) is 1. The predicted octanol–water partition coefficient (Wildman–Crippen LogP) is 4.36. The van der Waals surface area contributed by atoms with E-state index < -0.39 is 0 Å². The fraction of sp³-hybridized carbons (Fsp3) is 0.136. The second kappa shape index (κ2) is 6.49. The molecule has 0 atom stereocenters. The highest BCUT2D eigenvalue weighted by Crippen LogP contribution is 2.34. The highest BCUT2D eigenvalue weighted by molar-refractivity contribution is 5.77. The average molecular weight is 373 g/mol. The van der Waals surface area contributed by atoms with Crippen LogP contribution >= 0.6 is 0 Å². The number of imidazole rings is 1. The lowest BCUT2D eigenvalue weighted by molar-refractivity contribution is 0.174. The van der Waals surface area contributed by atoms with Gasteiger partial charge in [-0.25, -0.2) is 4.98 Å². The fourth-order valence-electron chi connectivity index (χ4n) is 3.38. The molecular weight excluding hydrogens is 354 g/mol. The van der Waals surface area contributed by atoms with E-state index in [0.29, 0.717) is 6.54 Å². The van der Waals surface area contributed by atoms with Crippen molar-refractivity contribution < 1.29 is 14.6 Å². The third-order valence-corrected chi connectivity index (χ3v) is 4.80. The van der Waals surface area contributed by atoms with E-state index in [9.17, 15) is 5.11 Å². The van der Waals surface area contributed by atoms with Crippen LogP contribution < -0.4 is 14.8 Å². The van der Waals surface area contributed by atoms with Gasteiger partial charge in [-0.2, -0.15) is 0 Å². The number of nitrogens with zero attached hydrogens (tertiary/aromatic N) is 2. The smallest absolute Gasteiger partial charge is 0.231 e. The van der Waals surface area contributed by atoms with Gasteiger partial charge in [-0.05, 0) is 60.5 Å². The van der Waals surface area contributed by atoms with Crippen LogP contribution in [0.2, 0.25) is 0 Å². The first kappa shape index (κ1) is 16.5. The Kier molecular flexibility index (Phi) is 3.83. The number of rotatable bonds is 4. The number of aromatic nitrogens is 2. The van der Waals surface area contributed by atoms with E-state index in [4.69, 9.17) is 14.5 Å². The van der Waals surface area contributed by atoms with E-state index in [1.165, 1.54) is 0 Å². The molecule has 3 heterocycles. The van der Waals surface area contributed by atoms with Gasteiger partial charge in [0.2, 0.25) is 6.79 Å². The van der Waals surface area contributed by atoms with Crippen molar-refractivity contribution in [2.24, 2.45) is 0 Å². The molecule has 2 aromatic heterocycles. The van der Waals surface area contributed by atoms with Crippen molar-refractivity contribution in [3.8, 4) is 28.5 Å². The Hall–Kier alpha value is -3.67. The molecule has 1 aliphatic rings. The molecule has 1 aliphatic heterocycles. The van der Waals surface area contributed by atoms with Crippen LogP contribution in [0, 0.1) is 6.92 Å². The molecule has 0 aliphatic carbocycles. The van der Waals surface area contributed by atoms with Gasteiger partial charge in [0.25, 0.3) is 0 Å². The van der Waals surface area contributed by atoms with Crippen molar-refractivity contribution in [2.75, 3.05) is 12.1 Å². The minimum Gasteiger partial charge on any atom is -0.508 e. The standard InChI is InChI=1S/C22H19N3O3/c1-14-2-9-20-24-21(16-4-6-17(26)7-5-16)22(25(20)12-14)23-11-15-3-8-18-19(10-15)28-13-27-18/h2-10,12,23,26H,11,13H2,1H3. The number of anilines is 1. The van der Waals surface area contributed by atoms with Gasteiger partial charge in [0.15, 0.2) is 11.5 Å². The number of hydrogen-bond donors (Lipinski definition) is 2. The topological polar surface area (TPSA) is 68.0 Å². The third-order valence-electron chi connectivity index (χ3n) is 4.80. The molecule has 0 fully saturated rings. The largest absolute Gasteiger partial charge is 0.508 e. The van der Waals surface area contributed by atoms with Gasteiger partial charge in [0.1, 0.15) is 22.9 Å². The average Bonchev–Trinajstić information content (AvgIpc) is 3.30. The molecule has 2 aromatic carbocycles. The van der Waals surface area contributed by atoms with Crippen LogP contribution in [0.5, 0.6) is 17.2 Å². The summed E-state index contributed by atoms with van der Waals surface area (Å²) in [6, 6.07) is 17.1. The minimum absolute atomic E-state index is 0.234. The maximum atomic E-state index is 9.61. The molecule has 0 amide bonds. The summed E-state index contributed by atoms with van der Waals surface area (Å²) in [5.41, 5.74) is 4.87. The van der Waals surface area contributed by atoms with Crippen LogP contribution in [-0.2, 0) is 6.54 Å². The lowest BCUT2D eigenvalue weighted by atomic mass is 10.1. The Morgan fingerprint density at radius 2 is 1.86 bits per heavy atom. The Balaban J connectivity index is 1.54. The van der Waals surface area contributed by atoms with Crippen LogP contribution in [0.4, 0.5) is 5.82 Å². The molecule has 0 bridgehead atoms. The first-order chi connectivity index (χ1) is 13.7. The van der Waals surface area contributed by atoms with Gasteiger partial charge in [0.05, 0.1) is 0 Å². The minimum atomic E-state index is 0.234. The quantitative estimate of drug-likeness (QED) is 0.556. The number of benzene rings is 2. The summed E-state index contributed by atoms with van der Waals surface area (Å²) in [4.78, 5) is 4.80. The molecule has 5 rings (SSSR count). The van der Waals surface area contributed by atoms with Crippen LogP contribution in [0.25, 0.3) is 16.9 Å². The predicted molar refractivity (Wildman–Crippen MR) is 107 cm³/mol. The van der Waals surface area contributed by atoms with Crippen LogP contribution in [0.15, 0.2) is 60.8 Å². The van der Waals surface area contributed by atoms with Crippen molar-refractivity contribution in [2.45, 2.75) is 13.5 Å². The van der Waals surface area contributed by atoms with Gasteiger partial charge in [-0.3, -0.25) is 4.40 Å². The molecule has 2 N–H and O–H groups in total. The molecule has 0 radical (unpaired) electrons. The molecule has 0 saturated heterocycles. The van der Waals surface area contributed by atoms with Crippen molar-refractivity contribution in [1.29, 1.82) is 0 Å². The normalized spacial score (nSPS) is 12.5. The summed E-state index contributed by atoms with van der Waals surface area (Å²) in [6.07, 6.45) is 2.06. The fourth-order valence-corrected chi connectivity index (χ4v) is 3.38. The lowest BCUT2D eigenvalue weighted by Gasteiger charge is -2.10. The van der Waals surface area contributed by atoms with E-state index in [0.717, 1.165) is 45.3 Å². The molecule has 0 saturated carbocycles. The molecule has 0 spiro atoms. The van der Waals surface area contributed by atoms with E-state index in [-0.39, 0.29) is 12.5 Å². The van der Waals surface area contributed by atoms with E-state index in [1.54, 1.807) is 12.1 Å². The van der Waals surface area contributed by atoms with Gasteiger partial charge in [0, 0.05) is 18.3 Å². The second-order valence-corrected chi connectivity index (χ2v) is 6.83. The Morgan fingerprint density at radius 1 is 1.04 bits per heavy atom. The molecule has 4 aromatic rings. The second-order valence-electron chi connectivity index (χ2n) is 6.83. The number of fused-ring (bicyclic) bond motifs is 2. The molecule has 140 valence electrons. The zero-order chi connectivity index (χ0) is 19.1. The SMILES string of the molecule is Cc1ccc2nc(-c3ccc(O)cc3)c(NCc3ccc4c(c3)OCO4)n2c1. The van der Waals surface area contributed by atoms with Crippen LogP contribution in [0.1, 0.15) is 11.1 Å². The molecule has 28 heavy (non-hydrogen) atoms. The number of ether oxygens (including phenoxy) is 2. The highest BCUT2D eigenvalue weighted by atomic mass is 16.7. The number of hydrogen-bond acceptors (Lipinski definition) is 5. The van der Waals surface area contributed by atoms with Crippen LogP contribution in [-0.4, -0.2) is 21.3 Å². The molecular formula is C22H19N3O3.